The second kappa shape index (κ2) is 5.41. The third-order valence-electron chi connectivity index (χ3n) is 3.61. The van der Waals surface area contributed by atoms with Gasteiger partial charge in [-0.05, 0) is 35.7 Å². The monoisotopic (exact) mass is 263 g/mol. The summed E-state index contributed by atoms with van der Waals surface area (Å²) in [6.45, 7) is 2.09. The van der Waals surface area contributed by atoms with E-state index in [-0.39, 0.29) is 6.04 Å². The maximum Gasteiger partial charge on any atom is 0.0727 e. The van der Waals surface area contributed by atoms with Crippen molar-refractivity contribution >= 4 is 10.9 Å². The van der Waals surface area contributed by atoms with E-state index in [1.54, 1.807) is 0 Å². The van der Waals surface area contributed by atoms with E-state index in [0.29, 0.717) is 0 Å². The van der Waals surface area contributed by atoms with E-state index in [1.807, 2.05) is 36.5 Å². The summed E-state index contributed by atoms with van der Waals surface area (Å²) in [7, 11) is 0. The Morgan fingerprint density at radius 1 is 1.05 bits per heavy atom. The lowest BCUT2D eigenvalue weighted by Crippen LogP contribution is -2.29. The highest BCUT2D eigenvalue weighted by molar-refractivity contribution is 5.79. The van der Waals surface area contributed by atoms with Gasteiger partial charge in [-0.2, -0.15) is 0 Å². The van der Waals surface area contributed by atoms with E-state index < -0.39 is 0 Å². The standard InChI is InChI=1S/C17H17N3/c1-12-6-2-4-8-15(12)17(20-18)14-10-13-7-3-5-9-16(13)19-11-14/h2-11,17,20H,18H2,1H3. The molecule has 1 aromatic heterocycles. The summed E-state index contributed by atoms with van der Waals surface area (Å²) >= 11 is 0. The highest BCUT2D eigenvalue weighted by Crippen LogP contribution is 2.25. The van der Waals surface area contributed by atoms with E-state index >= 15 is 0 Å². The van der Waals surface area contributed by atoms with Crippen molar-refractivity contribution in [3.05, 3.63) is 77.5 Å². The van der Waals surface area contributed by atoms with Crippen LogP contribution < -0.4 is 11.3 Å². The van der Waals surface area contributed by atoms with Crippen molar-refractivity contribution in [3.63, 3.8) is 0 Å². The minimum Gasteiger partial charge on any atom is -0.271 e. The number of nitrogens with two attached hydrogens (primary N) is 1. The highest BCUT2D eigenvalue weighted by atomic mass is 15.2. The van der Waals surface area contributed by atoms with Crippen LogP contribution in [0.5, 0.6) is 0 Å². The predicted octanol–water partition coefficient (Wildman–Crippen LogP) is 3.10. The van der Waals surface area contributed by atoms with Crippen LogP contribution in [-0.4, -0.2) is 4.98 Å². The van der Waals surface area contributed by atoms with Gasteiger partial charge in [-0.15, -0.1) is 0 Å². The lowest BCUT2D eigenvalue weighted by Gasteiger charge is -2.19. The van der Waals surface area contributed by atoms with Crippen molar-refractivity contribution in [1.29, 1.82) is 0 Å². The second-order valence-corrected chi connectivity index (χ2v) is 4.92. The molecule has 0 amide bonds. The van der Waals surface area contributed by atoms with Gasteiger partial charge in [0.05, 0.1) is 11.6 Å². The lowest BCUT2D eigenvalue weighted by molar-refractivity contribution is 0.632. The quantitative estimate of drug-likeness (QED) is 0.564. The van der Waals surface area contributed by atoms with E-state index in [1.165, 1.54) is 11.1 Å². The molecule has 3 heteroatoms. The smallest absolute Gasteiger partial charge is 0.0727 e. The van der Waals surface area contributed by atoms with E-state index in [2.05, 4.69) is 41.6 Å². The third-order valence-corrected chi connectivity index (χ3v) is 3.61. The number of aromatic nitrogens is 1. The Morgan fingerprint density at radius 3 is 2.60 bits per heavy atom. The van der Waals surface area contributed by atoms with Gasteiger partial charge < -0.3 is 0 Å². The Bertz CT molecular complexity index is 737. The molecule has 0 aliphatic carbocycles. The minimum absolute atomic E-state index is 0.0479. The zero-order valence-electron chi connectivity index (χ0n) is 11.4. The number of rotatable bonds is 3. The molecular formula is C17H17N3. The molecule has 3 aromatic rings. The predicted molar refractivity (Wildman–Crippen MR) is 82.1 cm³/mol. The molecule has 0 bridgehead atoms. The van der Waals surface area contributed by atoms with Gasteiger partial charge in [0.15, 0.2) is 0 Å². The van der Waals surface area contributed by atoms with Gasteiger partial charge in [0.1, 0.15) is 0 Å². The lowest BCUT2D eigenvalue weighted by atomic mass is 9.96. The van der Waals surface area contributed by atoms with E-state index in [0.717, 1.165) is 16.5 Å². The highest BCUT2D eigenvalue weighted by Gasteiger charge is 2.15. The summed E-state index contributed by atoms with van der Waals surface area (Å²) < 4.78 is 0. The molecule has 2 aromatic carbocycles. The Hall–Kier alpha value is -2.23. The summed E-state index contributed by atoms with van der Waals surface area (Å²) in [4.78, 5) is 4.51. The molecule has 3 rings (SSSR count). The number of hydrogen-bond donors (Lipinski definition) is 2. The van der Waals surface area contributed by atoms with E-state index in [4.69, 9.17) is 5.84 Å². The summed E-state index contributed by atoms with van der Waals surface area (Å²) in [5.74, 6) is 5.77. The number of hydrogen-bond acceptors (Lipinski definition) is 3. The first kappa shape index (κ1) is 12.8. The molecule has 3 N–H and O–H groups in total. The average Bonchev–Trinajstić information content (AvgIpc) is 2.50. The fourth-order valence-corrected chi connectivity index (χ4v) is 2.52. The number of fused-ring (bicyclic) bond motifs is 1. The number of nitrogens with zero attached hydrogens (tertiary/aromatic N) is 1. The van der Waals surface area contributed by atoms with Gasteiger partial charge in [0.2, 0.25) is 0 Å². The van der Waals surface area contributed by atoms with Gasteiger partial charge >= 0.3 is 0 Å². The number of para-hydroxylation sites is 1. The molecule has 0 spiro atoms. The number of nitrogens with one attached hydrogen (secondary N) is 1. The third kappa shape index (κ3) is 2.29. The van der Waals surface area contributed by atoms with Crippen LogP contribution in [-0.2, 0) is 0 Å². The summed E-state index contributed by atoms with van der Waals surface area (Å²) in [5.41, 5.74) is 7.35. The molecule has 1 unspecified atom stereocenters. The van der Waals surface area contributed by atoms with Gasteiger partial charge in [-0.25, -0.2) is 5.43 Å². The van der Waals surface area contributed by atoms with Crippen LogP contribution in [0.1, 0.15) is 22.7 Å². The van der Waals surface area contributed by atoms with Gasteiger partial charge in [-0.3, -0.25) is 10.8 Å². The van der Waals surface area contributed by atoms with Crippen molar-refractivity contribution in [2.75, 3.05) is 0 Å². The van der Waals surface area contributed by atoms with Crippen molar-refractivity contribution in [2.45, 2.75) is 13.0 Å². The first-order chi connectivity index (χ1) is 9.79. The largest absolute Gasteiger partial charge is 0.271 e. The van der Waals surface area contributed by atoms with Crippen molar-refractivity contribution in [1.82, 2.24) is 10.4 Å². The first-order valence-electron chi connectivity index (χ1n) is 6.66. The van der Waals surface area contributed by atoms with Crippen LogP contribution in [0.3, 0.4) is 0 Å². The van der Waals surface area contributed by atoms with Crippen LogP contribution in [0.15, 0.2) is 60.8 Å². The zero-order chi connectivity index (χ0) is 13.9. The molecular weight excluding hydrogens is 246 g/mol. The van der Waals surface area contributed by atoms with Crippen LogP contribution in [0, 0.1) is 6.92 Å². The maximum absolute atomic E-state index is 5.77. The van der Waals surface area contributed by atoms with Crippen molar-refractivity contribution in [3.8, 4) is 0 Å². The van der Waals surface area contributed by atoms with Crippen LogP contribution in [0.2, 0.25) is 0 Å². The molecule has 0 saturated heterocycles. The molecule has 100 valence electrons. The zero-order valence-corrected chi connectivity index (χ0v) is 11.4. The molecule has 1 atom stereocenters. The van der Waals surface area contributed by atoms with Crippen molar-refractivity contribution < 1.29 is 0 Å². The van der Waals surface area contributed by atoms with Crippen LogP contribution in [0.25, 0.3) is 10.9 Å². The van der Waals surface area contributed by atoms with Crippen LogP contribution in [0.4, 0.5) is 0 Å². The number of benzene rings is 2. The molecule has 20 heavy (non-hydrogen) atoms. The molecule has 0 saturated carbocycles. The summed E-state index contributed by atoms with van der Waals surface area (Å²) in [5, 5.41) is 1.12. The molecule has 0 fully saturated rings. The first-order valence-corrected chi connectivity index (χ1v) is 6.66. The average molecular weight is 263 g/mol. The molecule has 1 heterocycles. The number of hydrazine groups is 1. The second-order valence-electron chi connectivity index (χ2n) is 4.92. The SMILES string of the molecule is Cc1ccccc1C(NN)c1cnc2ccccc2c1. The minimum atomic E-state index is -0.0479. The van der Waals surface area contributed by atoms with Gasteiger partial charge in [-0.1, -0.05) is 42.5 Å². The fraction of sp³-hybridized carbons (Fsp3) is 0.118. The maximum atomic E-state index is 5.77. The Labute approximate surface area is 118 Å². The van der Waals surface area contributed by atoms with Gasteiger partial charge in [0.25, 0.3) is 0 Å². The Morgan fingerprint density at radius 2 is 1.80 bits per heavy atom. The Balaban J connectivity index is 2.10. The topological polar surface area (TPSA) is 50.9 Å². The number of aryl methyl sites for hydroxylation is 1. The normalized spacial score (nSPS) is 12.5. The Kier molecular flexibility index (Phi) is 3.46. The summed E-state index contributed by atoms with van der Waals surface area (Å²) in [6, 6.07) is 18.4. The number of pyridine rings is 1. The van der Waals surface area contributed by atoms with E-state index in [9.17, 15) is 0 Å². The van der Waals surface area contributed by atoms with Crippen molar-refractivity contribution in [2.24, 2.45) is 5.84 Å². The fourth-order valence-electron chi connectivity index (χ4n) is 2.52. The molecule has 0 radical (unpaired) electrons. The molecule has 0 aliphatic rings. The summed E-state index contributed by atoms with van der Waals surface area (Å²) in [6.07, 6.45) is 1.89. The van der Waals surface area contributed by atoms with Crippen LogP contribution >= 0.6 is 0 Å². The molecule has 0 aliphatic heterocycles. The van der Waals surface area contributed by atoms with Gasteiger partial charge in [0, 0.05) is 11.6 Å². The molecule has 3 nitrogen and oxygen atoms in total.